The summed E-state index contributed by atoms with van der Waals surface area (Å²) in [5.74, 6) is 0.0289. The van der Waals surface area contributed by atoms with Crippen molar-refractivity contribution in [1.29, 1.82) is 0 Å². The third-order valence-corrected chi connectivity index (χ3v) is 3.75. The maximum atomic E-state index is 12.5. The van der Waals surface area contributed by atoms with Crippen LogP contribution in [0, 0.1) is 6.92 Å². The summed E-state index contributed by atoms with van der Waals surface area (Å²) in [5, 5.41) is 6.44. The number of nitrogens with one attached hydrogen (secondary N) is 2. The molecular formula is C16H25N3O. The number of carbonyl (C=O) groups is 1. The molecule has 0 radical (unpaired) electrons. The molecule has 2 N–H and O–H groups in total. The Balaban J connectivity index is 2.08. The number of piperidine rings is 1. The molecule has 1 unspecified atom stereocenters. The van der Waals surface area contributed by atoms with Crippen molar-refractivity contribution in [2.45, 2.75) is 32.7 Å². The number of hydrogen-bond acceptors (Lipinski definition) is 3. The van der Waals surface area contributed by atoms with Crippen molar-refractivity contribution in [2.75, 3.05) is 32.0 Å². The Morgan fingerprint density at radius 1 is 1.45 bits per heavy atom. The number of aryl methyl sites for hydroxylation is 1. The lowest BCUT2D eigenvalue weighted by molar-refractivity contribution is 0.0913. The highest BCUT2D eigenvalue weighted by molar-refractivity contribution is 5.99. The Morgan fingerprint density at radius 2 is 2.25 bits per heavy atom. The minimum Gasteiger partial charge on any atom is -0.385 e. The molecule has 0 spiro atoms. The van der Waals surface area contributed by atoms with E-state index in [1.165, 1.54) is 0 Å². The molecule has 0 saturated carbocycles. The summed E-state index contributed by atoms with van der Waals surface area (Å²) in [7, 11) is 2.11. The van der Waals surface area contributed by atoms with Gasteiger partial charge in [-0.3, -0.25) is 4.79 Å². The number of hydrogen-bond donors (Lipinski definition) is 2. The molecule has 1 aromatic carbocycles. The summed E-state index contributed by atoms with van der Waals surface area (Å²) in [5.41, 5.74) is 2.83. The molecule has 2 rings (SSSR count). The molecule has 110 valence electrons. The average molecular weight is 275 g/mol. The summed E-state index contributed by atoms with van der Waals surface area (Å²) in [6.07, 6.45) is 2.22. The van der Waals surface area contributed by atoms with Crippen LogP contribution in [0.15, 0.2) is 18.2 Å². The highest BCUT2D eigenvalue weighted by atomic mass is 16.1. The molecule has 1 aromatic rings. The lowest BCUT2D eigenvalue weighted by Crippen LogP contribution is -2.46. The van der Waals surface area contributed by atoms with Gasteiger partial charge in [0, 0.05) is 24.8 Å². The number of anilines is 1. The lowest BCUT2D eigenvalue weighted by atomic mass is 10.0. The summed E-state index contributed by atoms with van der Waals surface area (Å²) < 4.78 is 0. The predicted molar refractivity (Wildman–Crippen MR) is 83.3 cm³/mol. The van der Waals surface area contributed by atoms with Gasteiger partial charge in [-0.05, 0) is 58.0 Å². The highest BCUT2D eigenvalue weighted by Gasteiger charge is 2.20. The third kappa shape index (κ3) is 3.73. The first kappa shape index (κ1) is 14.9. The zero-order valence-electron chi connectivity index (χ0n) is 12.7. The topological polar surface area (TPSA) is 44.4 Å². The van der Waals surface area contributed by atoms with Gasteiger partial charge in [0.15, 0.2) is 0 Å². The number of nitrogens with zero attached hydrogens (tertiary/aromatic N) is 1. The van der Waals surface area contributed by atoms with Crippen molar-refractivity contribution in [1.82, 2.24) is 10.2 Å². The summed E-state index contributed by atoms with van der Waals surface area (Å²) in [6, 6.07) is 6.20. The fraction of sp³-hybridized carbons (Fsp3) is 0.562. The molecule has 1 amide bonds. The van der Waals surface area contributed by atoms with Gasteiger partial charge >= 0.3 is 0 Å². The second kappa shape index (κ2) is 6.75. The second-order valence-corrected chi connectivity index (χ2v) is 5.65. The Kier molecular flexibility index (Phi) is 5.01. The van der Waals surface area contributed by atoms with Crippen LogP contribution in [0.5, 0.6) is 0 Å². The Hall–Kier alpha value is -1.55. The summed E-state index contributed by atoms with van der Waals surface area (Å²) in [4.78, 5) is 14.7. The smallest absolute Gasteiger partial charge is 0.253 e. The Labute approximate surface area is 121 Å². The van der Waals surface area contributed by atoms with Gasteiger partial charge in [-0.2, -0.15) is 0 Å². The quantitative estimate of drug-likeness (QED) is 0.886. The zero-order valence-corrected chi connectivity index (χ0v) is 12.7. The van der Waals surface area contributed by atoms with Crippen LogP contribution in [0.2, 0.25) is 0 Å². The molecule has 4 nitrogen and oxygen atoms in total. The van der Waals surface area contributed by atoms with Gasteiger partial charge in [0.05, 0.1) is 5.56 Å². The molecular weight excluding hydrogens is 250 g/mol. The molecule has 20 heavy (non-hydrogen) atoms. The lowest BCUT2D eigenvalue weighted by Gasteiger charge is -2.30. The fourth-order valence-electron chi connectivity index (χ4n) is 2.74. The average Bonchev–Trinajstić information content (AvgIpc) is 2.39. The van der Waals surface area contributed by atoms with Gasteiger partial charge in [-0.25, -0.2) is 0 Å². The number of carbonyl (C=O) groups excluding carboxylic acids is 1. The van der Waals surface area contributed by atoms with E-state index >= 15 is 0 Å². The van der Waals surface area contributed by atoms with Crippen molar-refractivity contribution < 1.29 is 4.79 Å². The number of benzene rings is 1. The van der Waals surface area contributed by atoms with Gasteiger partial charge in [0.25, 0.3) is 5.91 Å². The van der Waals surface area contributed by atoms with Crippen LogP contribution in [0.4, 0.5) is 5.69 Å². The molecule has 1 saturated heterocycles. The second-order valence-electron chi connectivity index (χ2n) is 5.65. The van der Waals surface area contributed by atoms with Gasteiger partial charge in [-0.15, -0.1) is 0 Å². The van der Waals surface area contributed by atoms with Gasteiger partial charge < -0.3 is 15.5 Å². The number of likely N-dealkylation sites (tertiary alicyclic amines) is 1. The van der Waals surface area contributed by atoms with Crippen molar-refractivity contribution in [3.8, 4) is 0 Å². The molecule has 0 aliphatic carbocycles. The molecule has 1 heterocycles. The van der Waals surface area contributed by atoms with Crippen LogP contribution >= 0.6 is 0 Å². The Morgan fingerprint density at radius 3 is 2.95 bits per heavy atom. The van der Waals surface area contributed by atoms with E-state index in [-0.39, 0.29) is 11.9 Å². The number of amides is 1. The molecule has 0 bridgehead atoms. The summed E-state index contributed by atoms with van der Waals surface area (Å²) >= 11 is 0. The van der Waals surface area contributed by atoms with E-state index in [9.17, 15) is 4.79 Å². The molecule has 1 atom stereocenters. The van der Waals surface area contributed by atoms with Crippen molar-refractivity contribution in [3.05, 3.63) is 29.3 Å². The van der Waals surface area contributed by atoms with Gasteiger partial charge in [-0.1, -0.05) is 6.07 Å². The van der Waals surface area contributed by atoms with Crippen LogP contribution in [0.3, 0.4) is 0 Å². The zero-order chi connectivity index (χ0) is 14.5. The highest BCUT2D eigenvalue weighted by Crippen LogP contribution is 2.18. The van der Waals surface area contributed by atoms with E-state index in [1.807, 2.05) is 32.0 Å². The van der Waals surface area contributed by atoms with E-state index in [4.69, 9.17) is 0 Å². The van der Waals surface area contributed by atoms with Gasteiger partial charge in [0.1, 0.15) is 0 Å². The molecule has 1 aliphatic rings. The minimum absolute atomic E-state index is 0.0289. The van der Waals surface area contributed by atoms with Gasteiger partial charge in [0.2, 0.25) is 0 Å². The van der Waals surface area contributed by atoms with E-state index in [1.54, 1.807) is 0 Å². The van der Waals surface area contributed by atoms with E-state index < -0.39 is 0 Å². The normalized spacial score (nSPS) is 19.6. The minimum atomic E-state index is 0.0289. The van der Waals surface area contributed by atoms with Crippen LogP contribution in [-0.2, 0) is 0 Å². The monoisotopic (exact) mass is 275 g/mol. The summed E-state index contributed by atoms with van der Waals surface area (Å²) in [6.45, 7) is 6.96. The SMILES string of the molecule is CCNc1cc(C)ccc1C(=O)NC1CCCN(C)C1. The number of rotatable bonds is 4. The largest absolute Gasteiger partial charge is 0.385 e. The first-order chi connectivity index (χ1) is 9.60. The van der Waals surface area contributed by atoms with E-state index in [0.717, 1.165) is 49.3 Å². The third-order valence-electron chi connectivity index (χ3n) is 3.75. The molecule has 1 aliphatic heterocycles. The van der Waals surface area contributed by atoms with Crippen molar-refractivity contribution in [2.24, 2.45) is 0 Å². The maximum Gasteiger partial charge on any atom is 0.253 e. The predicted octanol–water partition coefficient (Wildman–Crippen LogP) is 2.25. The standard InChI is InChI=1S/C16H25N3O/c1-4-17-15-10-12(2)7-8-14(15)16(20)18-13-6-5-9-19(3)11-13/h7-8,10,13,17H,4-6,9,11H2,1-3H3,(H,18,20). The maximum absolute atomic E-state index is 12.5. The van der Waals surface area contributed by atoms with E-state index in [2.05, 4.69) is 22.6 Å². The Bertz CT molecular complexity index is 473. The van der Waals surface area contributed by atoms with Crippen LogP contribution in [0.1, 0.15) is 35.7 Å². The van der Waals surface area contributed by atoms with Crippen molar-refractivity contribution in [3.63, 3.8) is 0 Å². The van der Waals surface area contributed by atoms with E-state index in [0.29, 0.717) is 0 Å². The molecule has 1 fully saturated rings. The number of likely N-dealkylation sites (N-methyl/N-ethyl adjacent to an activating group) is 1. The first-order valence-electron chi connectivity index (χ1n) is 7.44. The van der Waals surface area contributed by atoms with Crippen LogP contribution < -0.4 is 10.6 Å². The first-order valence-corrected chi connectivity index (χ1v) is 7.44. The van der Waals surface area contributed by atoms with Crippen LogP contribution in [-0.4, -0.2) is 43.5 Å². The fourth-order valence-corrected chi connectivity index (χ4v) is 2.74. The molecule has 4 heteroatoms. The van der Waals surface area contributed by atoms with Crippen LogP contribution in [0.25, 0.3) is 0 Å². The van der Waals surface area contributed by atoms with Crippen molar-refractivity contribution >= 4 is 11.6 Å². The molecule has 0 aromatic heterocycles.